The number of aryl methyl sites for hydroxylation is 2. The van der Waals surface area contributed by atoms with E-state index in [1.807, 2.05) is 0 Å². The average Bonchev–Trinajstić information content (AvgIpc) is 3.61. The molecule has 39 heavy (non-hydrogen) atoms. The third kappa shape index (κ3) is 6.64. The third-order valence-corrected chi connectivity index (χ3v) is 7.68. The molecule has 0 N–H and O–H groups in total. The average molecular weight is 515 g/mol. The molecular weight excluding hydrogens is 476 g/mol. The third-order valence-electron chi connectivity index (χ3n) is 7.68. The molecule has 0 amide bonds. The van der Waals surface area contributed by atoms with Crippen molar-refractivity contribution in [1.29, 1.82) is 0 Å². The zero-order chi connectivity index (χ0) is 26.3. The van der Waals surface area contributed by atoms with E-state index < -0.39 is 0 Å². The van der Waals surface area contributed by atoms with Crippen molar-refractivity contribution in [2.24, 2.45) is 0 Å². The maximum absolute atomic E-state index is 2.33. The fraction of sp³-hybridized carbons (Fsp3) is 0.257. The molecule has 0 bridgehead atoms. The largest absolute Gasteiger partial charge is 0.244 e. The van der Waals surface area contributed by atoms with Gasteiger partial charge in [-0.2, -0.15) is 0 Å². The van der Waals surface area contributed by atoms with Gasteiger partial charge in [0.1, 0.15) is 37.9 Å². The molecule has 4 heteroatoms. The first-order valence-corrected chi connectivity index (χ1v) is 14.3. The van der Waals surface area contributed by atoms with Crippen LogP contribution in [0, 0.1) is 0 Å². The summed E-state index contributed by atoms with van der Waals surface area (Å²) in [7, 11) is 0. The highest BCUT2D eigenvalue weighted by Gasteiger charge is 2.07. The van der Waals surface area contributed by atoms with Crippen molar-refractivity contribution in [3.63, 3.8) is 0 Å². The van der Waals surface area contributed by atoms with Crippen LogP contribution in [0.1, 0.15) is 43.2 Å². The Bertz CT molecular complexity index is 1530. The van der Waals surface area contributed by atoms with E-state index in [2.05, 4.69) is 141 Å². The highest BCUT2D eigenvalue weighted by Crippen LogP contribution is 2.16. The van der Waals surface area contributed by atoms with Gasteiger partial charge in [-0.3, -0.25) is 0 Å². The van der Waals surface area contributed by atoms with Crippen LogP contribution in [-0.2, 0) is 26.2 Å². The predicted octanol–water partition coefficient (Wildman–Crippen LogP) is 6.92. The molecule has 0 fully saturated rings. The van der Waals surface area contributed by atoms with Crippen molar-refractivity contribution in [3.05, 3.63) is 133 Å². The number of imidazole rings is 2. The van der Waals surface area contributed by atoms with Gasteiger partial charge >= 0.3 is 0 Å². The van der Waals surface area contributed by atoms with E-state index in [1.165, 1.54) is 64.8 Å². The summed E-state index contributed by atoms with van der Waals surface area (Å²) in [5.41, 5.74) is 2.69. The molecule has 2 aromatic heterocycles. The first kappa shape index (κ1) is 25.1. The van der Waals surface area contributed by atoms with Crippen molar-refractivity contribution in [2.75, 3.05) is 0 Å². The summed E-state index contributed by atoms with van der Waals surface area (Å²) in [4.78, 5) is 0. The van der Waals surface area contributed by atoms with Gasteiger partial charge in [-0.15, -0.1) is 0 Å². The van der Waals surface area contributed by atoms with Crippen LogP contribution in [0.25, 0.3) is 21.5 Å². The Kier molecular flexibility index (Phi) is 7.81. The van der Waals surface area contributed by atoms with Gasteiger partial charge in [0.2, 0.25) is 12.7 Å². The Balaban J connectivity index is 0.881. The van der Waals surface area contributed by atoms with Crippen LogP contribution in [0.15, 0.2) is 122 Å². The standard InChI is InChI=1S/C35H38N4/c1(2-8-18-36-20-22-38(28-36)26-30-14-16-32-10-4-6-12-34(32)24-30)3-9-19-37-21-23-39(29-37)27-31-15-17-33-11-5-7-13-35(33)25-31/h4-7,10-17,20-25,28-29H,1-3,8-9,18-19,26-27H2/q+2. The molecule has 0 unspecified atom stereocenters. The number of rotatable bonds is 12. The maximum atomic E-state index is 2.33. The molecule has 0 saturated carbocycles. The fourth-order valence-electron chi connectivity index (χ4n) is 5.54. The number of unbranched alkanes of at least 4 members (excludes halogenated alkanes) is 4. The molecule has 0 saturated heterocycles. The van der Waals surface area contributed by atoms with Crippen molar-refractivity contribution >= 4 is 21.5 Å². The zero-order valence-corrected chi connectivity index (χ0v) is 22.7. The monoisotopic (exact) mass is 514 g/mol. The summed E-state index contributed by atoms with van der Waals surface area (Å²) in [6, 6.07) is 30.7. The Labute approximate surface area is 231 Å². The molecule has 4 aromatic carbocycles. The lowest BCUT2D eigenvalue weighted by Crippen LogP contribution is -2.31. The molecule has 0 radical (unpaired) electrons. The first-order chi connectivity index (χ1) is 19.3. The van der Waals surface area contributed by atoms with Crippen LogP contribution in [0.2, 0.25) is 0 Å². The summed E-state index contributed by atoms with van der Waals surface area (Å²) >= 11 is 0. The van der Waals surface area contributed by atoms with Crippen molar-refractivity contribution < 1.29 is 9.13 Å². The molecule has 0 aliphatic rings. The number of nitrogens with zero attached hydrogens (tertiary/aromatic N) is 4. The van der Waals surface area contributed by atoms with Crippen LogP contribution in [0.4, 0.5) is 0 Å². The molecule has 196 valence electrons. The van der Waals surface area contributed by atoms with E-state index in [1.54, 1.807) is 0 Å². The second kappa shape index (κ2) is 12.1. The van der Waals surface area contributed by atoms with Crippen LogP contribution in [0.3, 0.4) is 0 Å². The smallest absolute Gasteiger partial charge is 0.237 e. The fourth-order valence-corrected chi connectivity index (χ4v) is 5.54. The summed E-state index contributed by atoms with van der Waals surface area (Å²) < 4.78 is 9.23. The van der Waals surface area contributed by atoms with Gasteiger partial charge in [0, 0.05) is 0 Å². The number of hydrogen-bond acceptors (Lipinski definition) is 0. The van der Waals surface area contributed by atoms with Crippen molar-refractivity contribution in [1.82, 2.24) is 9.13 Å². The molecule has 0 spiro atoms. The highest BCUT2D eigenvalue weighted by molar-refractivity contribution is 5.83. The molecule has 6 aromatic rings. The number of hydrogen-bond donors (Lipinski definition) is 0. The molecule has 4 nitrogen and oxygen atoms in total. The van der Waals surface area contributed by atoms with Gasteiger partial charge in [-0.05, 0) is 70.5 Å². The van der Waals surface area contributed by atoms with Crippen LogP contribution in [-0.4, -0.2) is 9.13 Å². The van der Waals surface area contributed by atoms with E-state index in [9.17, 15) is 0 Å². The van der Waals surface area contributed by atoms with Gasteiger partial charge in [0.05, 0.1) is 13.1 Å². The Hall–Kier alpha value is -4.18. The molecule has 0 atom stereocenters. The molecule has 0 aliphatic carbocycles. The number of aromatic nitrogens is 4. The minimum absolute atomic E-state index is 0.916. The molecular formula is C35H38N4+2. The minimum Gasteiger partial charge on any atom is -0.237 e. The number of fused-ring (bicyclic) bond motifs is 2. The van der Waals surface area contributed by atoms with Crippen LogP contribution < -0.4 is 9.13 Å². The highest BCUT2D eigenvalue weighted by atomic mass is 15.1. The minimum atomic E-state index is 0.916. The normalized spacial score (nSPS) is 11.5. The summed E-state index contributed by atoms with van der Waals surface area (Å²) in [5, 5.41) is 5.23. The van der Waals surface area contributed by atoms with Crippen LogP contribution in [0.5, 0.6) is 0 Å². The van der Waals surface area contributed by atoms with E-state index in [4.69, 9.17) is 0 Å². The van der Waals surface area contributed by atoms with Gasteiger partial charge in [-0.1, -0.05) is 79.2 Å². The van der Waals surface area contributed by atoms with E-state index in [-0.39, 0.29) is 0 Å². The first-order valence-electron chi connectivity index (χ1n) is 14.3. The van der Waals surface area contributed by atoms with Gasteiger partial charge in [0.15, 0.2) is 0 Å². The van der Waals surface area contributed by atoms with E-state index >= 15 is 0 Å². The topological polar surface area (TPSA) is 17.6 Å². The van der Waals surface area contributed by atoms with Crippen molar-refractivity contribution in [2.45, 2.75) is 58.3 Å². The summed E-state index contributed by atoms with van der Waals surface area (Å²) in [6.07, 6.45) is 19.6. The second-order valence-electron chi connectivity index (χ2n) is 10.8. The lowest BCUT2D eigenvalue weighted by atomic mass is 10.1. The predicted molar refractivity (Wildman–Crippen MR) is 158 cm³/mol. The SMILES string of the molecule is c1ccc2cc(C[n+]3ccn(CCCCCCCn4cc[n+](Cc5ccc6ccccc6c5)c4)c3)ccc2c1. The van der Waals surface area contributed by atoms with Gasteiger partial charge in [-0.25, -0.2) is 18.3 Å². The van der Waals surface area contributed by atoms with Gasteiger partial charge < -0.3 is 0 Å². The van der Waals surface area contributed by atoms with Gasteiger partial charge in [0.25, 0.3) is 0 Å². The molecule has 6 rings (SSSR count). The summed E-state index contributed by atoms with van der Waals surface area (Å²) in [6.45, 7) is 4.02. The summed E-state index contributed by atoms with van der Waals surface area (Å²) in [5.74, 6) is 0. The van der Waals surface area contributed by atoms with E-state index in [0.717, 1.165) is 26.2 Å². The number of benzene rings is 4. The Morgan fingerprint density at radius 2 is 0.897 bits per heavy atom. The Morgan fingerprint density at radius 1 is 0.462 bits per heavy atom. The van der Waals surface area contributed by atoms with Crippen LogP contribution >= 0.6 is 0 Å². The maximum Gasteiger partial charge on any atom is 0.244 e. The quantitative estimate of drug-likeness (QED) is 0.125. The lowest BCUT2D eigenvalue weighted by molar-refractivity contribution is -0.688. The molecule has 2 heterocycles. The molecule has 0 aliphatic heterocycles. The lowest BCUT2D eigenvalue weighted by Gasteiger charge is -2.02. The van der Waals surface area contributed by atoms with Crippen molar-refractivity contribution in [3.8, 4) is 0 Å². The second-order valence-corrected chi connectivity index (χ2v) is 10.8. The zero-order valence-electron chi connectivity index (χ0n) is 22.7. The Morgan fingerprint density at radius 3 is 1.38 bits per heavy atom. The van der Waals surface area contributed by atoms with E-state index in [0.29, 0.717) is 0 Å².